The SMILES string of the molecule is CC1=C(c2ccccc2)CC(NOC(=O)O)([N+](=O)[O-])C=C1. The van der Waals surface area contributed by atoms with Gasteiger partial charge in [-0.1, -0.05) is 41.9 Å². The Balaban J connectivity index is 2.35. The fourth-order valence-corrected chi connectivity index (χ4v) is 2.17. The molecular weight excluding hydrogens is 276 g/mol. The largest absolute Gasteiger partial charge is 0.525 e. The molecule has 0 saturated carbocycles. The van der Waals surface area contributed by atoms with Crippen molar-refractivity contribution in [1.29, 1.82) is 0 Å². The predicted molar refractivity (Wildman–Crippen MR) is 74.8 cm³/mol. The summed E-state index contributed by atoms with van der Waals surface area (Å²) >= 11 is 0. The lowest BCUT2D eigenvalue weighted by Crippen LogP contribution is -2.51. The number of allylic oxidation sites excluding steroid dienone is 2. The second kappa shape index (κ2) is 5.76. The van der Waals surface area contributed by atoms with Gasteiger partial charge in [-0.25, -0.2) is 4.79 Å². The molecule has 0 aliphatic heterocycles. The van der Waals surface area contributed by atoms with Crippen LogP contribution < -0.4 is 5.48 Å². The molecule has 1 aromatic carbocycles. The Hall–Kier alpha value is -2.67. The number of nitro groups is 1. The number of rotatable bonds is 4. The maximum absolute atomic E-state index is 11.4. The maximum Gasteiger partial charge on any atom is 0.525 e. The van der Waals surface area contributed by atoms with Gasteiger partial charge >= 0.3 is 11.8 Å². The first-order chi connectivity index (χ1) is 9.94. The van der Waals surface area contributed by atoms with E-state index in [9.17, 15) is 14.9 Å². The van der Waals surface area contributed by atoms with Crippen molar-refractivity contribution in [2.45, 2.75) is 19.0 Å². The van der Waals surface area contributed by atoms with Gasteiger partial charge in [-0.2, -0.15) is 0 Å². The topological polar surface area (TPSA) is 102 Å². The Bertz CT molecular complexity index is 624. The van der Waals surface area contributed by atoms with Gasteiger partial charge in [0.25, 0.3) is 0 Å². The normalized spacial score (nSPS) is 21.2. The van der Waals surface area contributed by atoms with Gasteiger partial charge in [0.1, 0.15) is 0 Å². The summed E-state index contributed by atoms with van der Waals surface area (Å²) in [6.45, 7) is 1.85. The minimum absolute atomic E-state index is 0.0143. The molecule has 0 saturated heterocycles. The summed E-state index contributed by atoms with van der Waals surface area (Å²) in [5.74, 6) is 0. The summed E-state index contributed by atoms with van der Waals surface area (Å²) in [4.78, 5) is 25.5. The van der Waals surface area contributed by atoms with Crippen LogP contribution in [-0.2, 0) is 4.84 Å². The van der Waals surface area contributed by atoms with E-state index in [2.05, 4.69) is 4.84 Å². The first-order valence-electron chi connectivity index (χ1n) is 6.20. The zero-order valence-electron chi connectivity index (χ0n) is 11.3. The van der Waals surface area contributed by atoms with Crippen LogP contribution in [0.25, 0.3) is 5.57 Å². The molecule has 0 radical (unpaired) electrons. The summed E-state index contributed by atoms with van der Waals surface area (Å²) in [7, 11) is 0. The lowest BCUT2D eigenvalue weighted by atomic mass is 9.86. The van der Waals surface area contributed by atoms with E-state index < -0.39 is 16.7 Å². The fourth-order valence-electron chi connectivity index (χ4n) is 2.17. The molecule has 2 N–H and O–H groups in total. The lowest BCUT2D eigenvalue weighted by Gasteiger charge is -2.27. The summed E-state index contributed by atoms with van der Waals surface area (Å²) < 4.78 is 0. The zero-order chi connectivity index (χ0) is 15.5. The van der Waals surface area contributed by atoms with Gasteiger partial charge in [0, 0.05) is 6.08 Å². The van der Waals surface area contributed by atoms with E-state index >= 15 is 0 Å². The second-order valence-electron chi connectivity index (χ2n) is 4.69. The van der Waals surface area contributed by atoms with Gasteiger partial charge in [0.2, 0.25) is 0 Å². The van der Waals surface area contributed by atoms with E-state index in [0.717, 1.165) is 16.7 Å². The smallest absolute Gasteiger partial charge is 0.448 e. The quantitative estimate of drug-likeness (QED) is 0.502. The number of benzene rings is 1. The highest BCUT2D eigenvalue weighted by Crippen LogP contribution is 2.34. The van der Waals surface area contributed by atoms with Gasteiger partial charge in [-0.15, -0.1) is 0 Å². The Kier molecular flexibility index (Phi) is 4.04. The number of hydrogen-bond donors (Lipinski definition) is 2. The minimum Gasteiger partial charge on any atom is -0.448 e. The standard InChI is InChI=1S/C14H14N2O5/c1-10-7-8-14(16(19)20,15-21-13(17)18)9-12(10)11-5-3-2-4-6-11/h2-8,15H,9H2,1H3,(H,17,18). The molecule has 0 aromatic heterocycles. The third-order valence-corrected chi connectivity index (χ3v) is 3.29. The summed E-state index contributed by atoms with van der Waals surface area (Å²) in [6.07, 6.45) is 1.25. The molecule has 7 nitrogen and oxygen atoms in total. The van der Waals surface area contributed by atoms with Gasteiger partial charge in [0.15, 0.2) is 0 Å². The van der Waals surface area contributed by atoms with E-state index in [4.69, 9.17) is 5.11 Å². The van der Waals surface area contributed by atoms with Crippen molar-refractivity contribution in [1.82, 2.24) is 5.48 Å². The number of nitrogens with zero attached hydrogens (tertiary/aromatic N) is 1. The van der Waals surface area contributed by atoms with Crippen molar-refractivity contribution in [2.75, 3.05) is 0 Å². The van der Waals surface area contributed by atoms with Crippen LogP contribution in [0.15, 0.2) is 48.1 Å². The summed E-state index contributed by atoms with van der Waals surface area (Å²) in [6, 6.07) is 9.22. The second-order valence-corrected chi connectivity index (χ2v) is 4.69. The van der Waals surface area contributed by atoms with E-state index in [1.165, 1.54) is 6.08 Å². The van der Waals surface area contributed by atoms with Crippen molar-refractivity contribution < 1.29 is 19.7 Å². The third kappa shape index (κ3) is 3.09. The number of hydroxylamine groups is 1. The first-order valence-corrected chi connectivity index (χ1v) is 6.20. The van der Waals surface area contributed by atoms with E-state index in [-0.39, 0.29) is 6.42 Å². The average molecular weight is 290 g/mol. The van der Waals surface area contributed by atoms with E-state index in [0.29, 0.717) is 0 Å². The van der Waals surface area contributed by atoms with Crippen LogP contribution in [0.2, 0.25) is 0 Å². The highest BCUT2D eigenvalue weighted by molar-refractivity contribution is 5.73. The molecule has 21 heavy (non-hydrogen) atoms. The van der Waals surface area contributed by atoms with Crippen molar-refractivity contribution in [3.8, 4) is 0 Å². The molecule has 1 atom stereocenters. The molecule has 1 aliphatic rings. The first kappa shape index (κ1) is 14.7. The molecule has 1 aliphatic carbocycles. The van der Waals surface area contributed by atoms with Crippen LogP contribution >= 0.6 is 0 Å². The Morgan fingerprint density at radius 1 is 1.43 bits per heavy atom. The Morgan fingerprint density at radius 2 is 2.10 bits per heavy atom. The van der Waals surface area contributed by atoms with E-state index in [1.54, 1.807) is 6.08 Å². The Morgan fingerprint density at radius 3 is 2.67 bits per heavy atom. The number of carbonyl (C=O) groups is 1. The summed E-state index contributed by atoms with van der Waals surface area (Å²) in [5.41, 5.74) is 2.73. The molecule has 1 aromatic rings. The summed E-state index contributed by atoms with van der Waals surface area (Å²) in [5, 5.41) is 19.9. The fraction of sp³-hybridized carbons (Fsp3) is 0.214. The molecule has 110 valence electrons. The van der Waals surface area contributed by atoms with Gasteiger partial charge in [-0.3, -0.25) is 10.1 Å². The highest BCUT2D eigenvalue weighted by Gasteiger charge is 2.45. The van der Waals surface area contributed by atoms with Crippen LogP contribution in [0.3, 0.4) is 0 Å². The van der Waals surface area contributed by atoms with Crippen LogP contribution in [0.4, 0.5) is 4.79 Å². The van der Waals surface area contributed by atoms with Crippen molar-refractivity contribution in [3.63, 3.8) is 0 Å². The highest BCUT2D eigenvalue weighted by atomic mass is 16.8. The van der Waals surface area contributed by atoms with Crippen LogP contribution in [0.1, 0.15) is 18.9 Å². The molecule has 0 bridgehead atoms. The van der Waals surface area contributed by atoms with Gasteiger partial charge < -0.3 is 9.94 Å². The lowest BCUT2D eigenvalue weighted by molar-refractivity contribution is -0.572. The average Bonchev–Trinajstić information content (AvgIpc) is 2.47. The van der Waals surface area contributed by atoms with Crippen molar-refractivity contribution in [3.05, 3.63) is 63.7 Å². The van der Waals surface area contributed by atoms with E-state index in [1.807, 2.05) is 42.7 Å². The minimum atomic E-state index is -1.80. The predicted octanol–water partition coefficient (Wildman–Crippen LogP) is 2.59. The molecular formula is C14H14N2O5. The number of hydrogen-bond acceptors (Lipinski definition) is 5. The molecule has 0 spiro atoms. The molecule has 7 heteroatoms. The van der Waals surface area contributed by atoms with Gasteiger partial charge in [-0.05, 0) is 23.6 Å². The van der Waals surface area contributed by atoms with Crippen molar-refractivity contribution in [2.24, 2.45) is 0 Å². The van der Waals surface area contributed by atoms with Gasteiger partial charge in [0.05, 0.1) is 11.3 Å². The molecule has 0 fully saturated rings. The zero-order valence-corrected chi connectivity index (χ0v) is 11.3. The molecule has 1 unspecified atom stereocenters. The van der Waals surface area contributed by atoms with Crippen molar-refractivity contribution >= 4 is 11.7 Å². The van der Waals surface area contributed by atoms with Crippen LogP contribution in [0.5, 0.6) is 0 Å². The molecule has 0 amide bonds. The molecule has 0 heterocycles. The maximum atomic E-state index is 11.4. The van der Waals surface area contributed by atoms with Crippen LogP contribution in [0, 0.1) is 10.1 Å². The number of nitrogens with one attached hydrogen (secondary N) is 1. The monoisotopic (exact) mass is 290 g/mol. The third-order valence-electron chi connectivity index (χ3n) is 3.29. The number of carboxylic acid groups (broad SMARTS) is 1. The van der Waals surface area contributed by atoms with Crippen LogP contribution in [-0.4, -0.2) is 21.8 Å². The Labute approximate surface area is 120 Å². The molecule has 2 rings (SSSR count).